The number of pyridine rings is 1. The maximum absolute atomic E-state index is 13.7. The summed E-state index contributed by atoms with van der Waals surface area (Å²) in [5, 5.41) is 18.9. The van der Waals surface area contributed by atoms with Crippen LogP contribution in [0.15, 0.2) is 177 Å². The Labute approximate surface area is 784 Å². The minimum Gasteiger partial charge on any atom is -0.494 e. The van der Waals surface area contributed by atoms with Gasteiger partial charge in [-0.15, -0.1) is 0 Å². The molecule has 0 atom stereocenters. The maximum atomic E-state index is 13.7. The third-order valence-electron chi connectivity index (χ3n) is 23.9. The second kappa shape index (κ2) is 44.9. The number of hydrogen-bond acceptors (Lipinski definition) is 23. The van der Waals surface area contributed by atoms with Crippen molar-refractivity contribution in [2.24, 2.45) is 17.8 Å². The summed E-state index contributed by atoms with van der Waals surface area (Å²) in [6.45, 7) is 32.6. The SMILES string of the molecule is COc1ccnc(N2CCN(C(=O)Cn3nc(-c4ccc(F)c(C)c4)cc3CC(C)C)CC2)n1.COc1cnc(N2CCN(C(=O)Cn3nc(-c4ccc(F)c(C)c4)cc3CC(C)C)CC2)nc1.Cc1cc(-c2cc(CC(C)C)n(CC(=O)N3CCN(c4ncc(F)cn4)CC3)n2)ccc1F.Cc1ccc(-c2cc(-c3ccccc3)n(CC(=O)N3CCN(c4ncccn4)CC3)n2)nc1C. The Balaban J connectivity index is 0.000000144. The molecule has 13 heterocycles. The number of hydrogen-bond donors (Lipinski definition) is 0. The van der Waals surface area contributed by atoms with E-state index in [9.17, 15) is 36.7 Å². The number of carbonyl (C=O) groups is 4. The van der Waals surface area contributed by atoms with E-state index in [0.29, 0.717) is 175 Å². The van der Waals surface area contributed by atoms with Gasteiger partial charge in [0.15, 0.2) is 11.6 Å². The minimum atomic E-state index is -0.473. The van der Waals surface area contributed by atoms with Crippen LogP contribution in [0.3, 0.4) is 0 Å². The van der Waals surface area contributed by atoms with E-state index in [1.807, 2.05) is 99.0 Å². The summed E-state index contributed by atoms with van der Waals surface area (Å²) < 4.78 is 71.7. The summed E-state index contributed by atoms with van der Waals surface area (Å²) in [6.07, 6.45) is 13.1. The van der Waals surface area contributed by atoms with E-state index in [4.69, 9.17) is 34.9 Å². The van der Waals surface area contributed by atoms with E-state index >= 15 is 0 Å². The van der Waals surface area contributed by atoms with Crippen LogP contribution in [0.5, 0.6) is 11.6 Å². The zero-order valence-corrected chi connectivity index (χ0v) is 78.9. The van der Waals surface area contributed by atoms with Crippen molar-refractivity contribution in [2.75, 3.05) is 139 Å². The lowest BCUT2D eigenvalue weighted by Crippen LogP contribution is -2.50. The quantitative estimate of drug-likeness (QED) is 0.0480. The monoisotopic (exact) mass is 1840 g/mol. The van der Waals surface area contributed by atoms with Crippen molar-refractivity contribution in [3.63, 3.8) is 0 Å². The number of amides is 4. The van der Waals surface area contributed by atoms with Gasteiger partial charge in [0, 0.05) is 169 Å². The van der Waals surface area contributed by atoms with Gasteiger partial charge < -0.3 is 48.7 Å². The van der Waals surface area contributed by atoms with Gasteiger partial charge in [-0.2, -0.15) is 25.4 Å². The number of aromatic nitrogens is 17. The molecule has 0 unspecified atom stereocenters. The molecule has 4 fully saturated rings. The van der Waals surface area contributed by atoms with E-state index < -0.39 is 5.82 Å². The molecule has 0 aliphatic carbocycles. The van der Waals surface area contributed by atoms with Crippen LogP contribution in [0.2, 0.25) is 0 Å². The number of rotatable bonds is 25. The molecule has 0 radical (unpaired) electrons. The summed E-state index contributed by atoms with van der Waals surface area (Å²) in [6, 6.07) is 40.5. The lowest BCUT2D eigenvalue weighted by Gasteiger charge is -2.34. The van der Waals surface area contributed by atoms with Crippen LogP contribution in [0.4, 0.5) is 41.4 Å². The number of nitrogens with zero attached hydrogens (tertiary/aromatic N) is 25. The fourth-order valence-electron chi connectivity index (χ4n) is 16.3. The van der Waals surface area contributed by atoms with Crippen molar-refractivity contribution in [3.8, 4) is 68.0 Å². The Bertz CT molecular complexity index is 6180. The highest BCUT2D eigenvalue weighted by molar-refractivity contribution is 5.80. The van der Waals surface area contributed by atoms with Gasteiger partial charge in [-0.1, -0.05) is 77.9 Å². The number of aryl methyl sites for hydroxylation is 5. The van der Waals surface area contributed by atoms with Gasteiger partial charge in [0.25, 0.3) is 0 Å². The topological polar surface area (TPSA) is 300 Å². The summed E-state index contributed by atoms with van der Waals surface area (Å²) in [5.41, 5.74) is 15.1. The van der Waals surface area contributed by atoms with Crippen LogP contribution >= 0.6 is 0 Å². The molecule has 0 bridgehead atoms. The fourth-order valence-corrected chi connectivity index (χ4v) is 16.3. The molecular formula is C100H117F4N25O6. The molecule has 0 N–H and O–H groups in total. The van der Waals surface area contributed by atoms with Crippen molar-refractivity contribution < 1.29 is 46.2 Å². The predicted octanol–water partition coefficient (Wildman–Crippen LogP) is 13.5. The fraction of sp³-hybridized carbons (Fsp3) is 0.390. The van der Waals surface area contributed by atoms with E-state index in [-0.39, 0.29) is 67.3 Å². The molecule has 0 saturated carbocycles. The number of piperazine rings is 4. The highest BCUT2D eigenvalue weighted by Gasteiger charge is 2.31. The van der Waals surface area contributed by atoms with Crippen molar-refractivity contribution in [3.05, 3.63) is 245 Å². The Kier molecular flexibility index (Phi) is 32.1. The van der Waals surface area contributed by atoms with E-state index in [1.165, 1.54) is 18.2 Å². The zero-order chi connectivity index (χ0) is 95.5. The van der Waals surface area contributed by atoms with Gasteiger partial charge in [0.05, 0.1) is 67.5 Å². The molecule has 13 aromatic rings. The van der Waals surface area contributed by atoms with E-state index in [1.54, 1.807) is 133 Å². The summed E-state index contributed by atoms with van der Waals surface area (Å²) >= 11 is 0. The van der Waals surface area contributed by atoms with Gasteiger partial charge in [0.1, 0.15) is 49.3 Å². The molecule has 0 spiro atoms. The smallest absolute Gasteiger partial charge is 0.244 e. The van der Waals surface area contributed by atoms with Crippen molar-refractivity contribution >= 4 is 47.4 Å². The van der Waals surface area contributed by atoms with E-state index in [2.05, 4.69) is 102 Å². The van der Waals surface area contributed by atoms with Crippen LogP contribution in [0.1, 0.15) is 86.6 Å². The van der Waals surface area contributed by atoms with Gasteiger partial charge in [-0.25, -0.2) is 52.4 Å². The van der Waals surface area contributed by atoms with Crippen molar-refractivity contribution in [1.82, 2.24) is 104 Å². The van der Waals surface area contributed by atoms with Crippen LogP contribution < -0.4 is 29.1 Å². The third kappa shape index (κ3) is 25.3. The van der Waals surface area contributed by atoms with E-state index in [0.717, 1.165) is 116 Å². The first-order chi connectivity index (χ1) is 65.0. The lowest BCUT2D eigenvalue weighted by molar-refractivity contribution is -0.133. The number of carbonyl (C=O) groups excluding carboxylic acids is 4. The molecule has 31 nitrogen and oxygen atoms in total. The van der Waals surface area contributed by atoms with Crippen molar-refractivity contribution in [2.45, 2.75) is 122 Å². The largest absolute Gasteiger partial charge is 0.494 e. The molecule has 17 rings (SSSR count). The Morgan fingerprint density at radius 2 is 0.696 bits per heavy atom. The van der Waals surface area contributed by atoms with Crippen molar-refractivity contribution in [1.29, 1.82) is 0 Å². The first-order valence-electron chi connectivity index (χ1n) is 45.7. The van der Waals surface area contributed by atoms with Gasteiger partial charge in [-0.05, 0) is 190 Å². The molecule has 35 heteroatoms. The predicted molar refractivity (Wildman–Crippen MR) is 509 cm³/mol. The number of halogens is 4. The Morgan fingerprint density at radius 3 is 1.07 bits per heavy atom. The second-order valence-corrected chi connectivity index (χ2v) is 35.3. The zero-order valence-electron chi connectivity index (χ0n) is 78.9. The molecule has 4 aromatic carbocycles. The molecule has 4 amide bonds. The maximum Gasteiger partial charge on any atom is 0.244 e. The molecule has 135 heavy (non-hydrogen) atoms. The first kappa shape index (κ1) is 96.6. The number of ether oxygens (including phenoxy) is 2. The first-order valence-corrected chi connectivity index (χ1v) is 45.7. The van der Waals surface area contributed by atoms with Gasteiger partial charge in [-0.3, -0.25) is 42.9 Å². The van der Waals surface area contributed by atoms with Crippen LogP contribution in [-0.4, -0.2) is 246 Å². The minimum absolute atomic E-state index is 0.00961. The Hall–Kier alpha value is -14.4. The Morgan fingerprint density at radius 1 is 0.333 bits per heavy atom. The summed E-state index contributed by atoms with van der Waals surface area (Å²) in [5.74, 6) is 3.70. The molecule has 9 aromatic heterocycles. The highest BCUT2D eigenvalue weighted by Crippen LogP contribution is 2.31. The highest BCUT2D eigenvalue weighted by atomic mass is 19.1. The summed E-state index contributed by atoms with van der Waals surface area (Å²) in [7, 11) is 3.16. The third-order valence-corrected chi connectivity index (χ3v) is 23.9. The molecule has 4 aliphatic rings. The summed E-state index contributed by atoms with van der Waals surface area (Å²) in [4.78, 5) is 107. The lowest BCUT2D eigenvalue weighted by atomic mass is 10.1. The number of benzene rings is 4. The van der Waals surface area contributed by atoms with Crippen LogP contribution in [0, 0.1) is 75.6 Å². The average molecular weight is 1840 g/mol. The number of anilines is 4. The standard InChI is InChI=1S/C26H27N7O.2C25H31FN6O2.C24H28F2N6O/c1-19-9-10-22(29-20(19)2)23-17-24(21-7-4-3-5-8-21)33(30-23)18-25(34)31-13-15-32(16-14-31)26-27-11-6-12-28-26;1-17(2)11-20-13-23(19-5-6-22(26)18(3)12-19)29-32(20)16-24(33)30-7-9-31(10-8-30)25-27-14-21(34-4)15-28-25;1-17(2)13-20-15-22(19-5-6-21(26)18(3)14-19)29-32(20)16-24(33)30-9-11-31(12-10-30)25-27-8-7-23(28-25)34-4;1-16(2)10-20-12-22(18-4-5-21(26)17(3)11-18)29-32(20)15-23(33)30-6-8-31(9-7-30)24-27-13-19(25)14-28-24/h3-12,17H,13-16,18H2,1-2H3;5-6,12-15,17H,7-11,16H2,1-4H3;5-8,14-15,17H,9-13,16H2,1-4H3;4-5,11-14,16H,6-10,15H2,1-3H3. The molecule has 4 saturated heterocycles. The van der Waals surface area contributed by atoms with Crippen LogP contribution in [-0.2, 0) is 64.6 Å². The second-order valence-electron chi connectivity index (χ2n) is 35.3. The normalized spacial score (nSPS) is 14.0. The number of methoxy groups -OCH3 is 2. The van der Waals surface area contributed by atoms with Crippen LogP contribution in [0.25, 0.3) is 56.4 Å². The van der Waals surface area contributed by atoms with Gasteiger partial charge >= 0.3 is 0 Å². The molecule has 706 valence electrons. The molecular weight excluding hydrogens is 1720 g/mol. The average Bonchev–Trinajstić information content (AvgIpc) is 1.66. The van der Waals surface area contributed by atoms with Gasteiger partial charge in [0.2, 0.25) is 53.3 Å². The molecule has 4 aliphatic heterocycles.